The van der Waals surface area contributed by atoms with Gasteiger partial charge in [0.05, 0.1) is 10.0 Å². The van der Waals surface area contributed by atoms with Gasteiger partial charge in [0.25, 0.3) is 11.8 Å². The summed E-state index contributed by atoms with van der Waals surface area (Å²) in [5.74, 6) is -0.303. The fourth-order valence-corrected chi connectivity index (χ4v) is 5.40. The summed E-state index contributed by atoms with van der Waals surface area (Å²) in [4.78, 5) is 43.1. The van der Waals surface area contributed by atoms with E-state index in [0.717, 1.165) is 30.4 Å². The monoisotopic (exact) mass is 530 g/mol. The van der Waals surface area contributed by atoms with E-state index < -0.39 is 12.1 Å². The van der Waals surface area contributed by atoms with Crippen molar-refractivity contribution in [3.05, 3.63) is 69.2 Å². The van der Waals surface area contributed by atoms with E-state index in [-0.39, 0.29) is 29.9 Å². The number of nitrogens with zero attached hydrogens (tertiary/aromatic N) is 2. The molecule has 1 atom stereocenters. The zero-order chi connectivity index (χ0) is 25.7. The van der Waals surface area contributed by atoms with E-state index in [1.54, 1.807) is 12.1 Å². The summed E-state index contributed by atoms with van der Waals surface area (Å²) in [5, 5.41) is 3.51. The lowest BCUT2D eigenvalue weighted by atomic mass is 10.0. The lowest BCUT2D eigenvalue weighted by Crippen LogP contribution is -2.53. The number of carbonyl (C=O) groups excluding carboxylic acids is 3. The Morgan fingerprint density at radius 1 is 0.944 bits per heavy atom. The van der Waals surface area contributed by atoms with Crippen LogP contribution in [0.4, 0.5) is 0 Å². The highest BCUT2D eigenvalue weighted by atomic mass is 35.5. The third kappa shape index (κ3) is 6.20. The smallest absolute Gasteiger partial charge is 0.264 e. The van der Waals surface area contributed by atoms with Gasteiger partial charge in [0.1, 0.15) is 0 Å². The number of halogens is 2. The van der Waals surface area contributed by atoms with Crippen LogP contribution >= 0.6 is 23.2 Å². The van der Waals surface area contributed by atoms with Gasteiger partial charge in [-0.25, -0.2) is 0 Å². The molecule has 1 aliphatic heterocycles. The lowest BCUT2D eigenvalue weighted by Gasteiger charge is -2.29. The second-order valence-electron chi connectivity index (χ2n) is 9.52. The van der Waals surface area contributed by atoms with Crippen molar-refractivity contribution in [2.45, 2.75) is 57.8 Å². The quantitative estimate of drug-likeness (QED) is 0.530. The third-order valence-corrected chi connectivity index (χ3v) is 7.83. The number of hydrogen-bond donors (Lipinski definition) is 2. The van der Waals surface area contributed by atoms with Crippen LogP contribution in [0.5, 0.6) is 0 Å². The minimum atomic E-state index is -1.03. The summed E-state index contributed by atoms with van der Waals surface area (Å²) in [6, 6.07) is 12.3. The number of nitrogens with two attached hydrogens (primary N) is 1. The molecule has 4 rings (SSSR count). The minimum Gasteiger partial charge on any atom is -0.349 e. The van der Waals surface area contributed by atoms with Gasteiger partial charge in [0.2, 0.25) is 5.91 Å². The molecule has 9 heteroatoms. The number of rotatable bonds is 8. The summed E-state index contributed by atoms with van der Waals surface area (Å²) >= 11 is 12.1. The summed E-state index contributed by atoms with van der Waals surface area (Å²) in [5.41, 5.74) is 7.91. The molecular weight excluding hydrogens is 499 g/mol. The molecule has 0 radical (unpaired) electrons. The highest BCUT2D eigenvalue weighted by Crippen LogP contribution is 2.30. The van der Waals surface area contributed by atoms with Crippen LogP contribution in [0.1, 0.15) is 60.0 Å². The van der Waals surface area contributed by atoms with Gasteiger partial charge >= 0.3 is 0 Å². The Labute approximate surface area is 221 Å². The Morgan fingerprint density at radius 2 is 1.67 bits per heavy atom. The molecular formula is C27H32Cl2N4O3. The van der Waals surface area contributed by atoms with Crippen LogP contribution in [0.25, 0.3) is 0 Å². The Bertz CT molecular complexity index is 1120. The molecule has 0 aromatic heterocycles. The minimum absolute atomic E-state index is 0.100. The van der Waals surface area contributed by atoms with E-state index in [1.807, 2.05) is 24.3 Å². The summed E-state index contributed by atoms with van der Waals surface area (Å²) in [6.45, 7) is 1.23. The molecule has 3 N–H and O–H groups in total. The molecule has 0 bridgehead atoms. The van der Waals surface area contributed by atoms with Crippen molar-refractivity contribution in [3.8, 4) is 0 Å². The molecule has 1 saturated carbocycles. The Balaban J connectivity index is 1.51. The molecule has 1 saturated heterocycles. The van der Waals surface area contributed by atoms with Crippen LogP contribution < -0.4 is 11.1 Å². The summed E-state index contributed by atoms with van der Waals surface area (Å²) in [6.07, 6.45) is 4.90. The fourth-order valence-electron chi connectivity index (χ4n) is 5.10. The molecule has 2 aromatic rings. The molecule has 1 aliphatic carbocycles. The number of nitrogens with one attached hydrogen (secondary N) is 1. The molecule has 2 aromatic carbocycles. The Morgan fingerprint density at radius 3 is 2.39 bits per heavy atom. The van der Waals surface area contributed by atoms with Gasteiger partial charge in [-0.15, -0.1) is 0 Å². The zero-order valence-electron chi connectivity index (χ0n) is 20.2. The topological polar surface area (TPSA) is 95.7 Å². The molecule has 2 fully saturated rings. The van der Waals surface area contributed by atoms with E-state index in [0.29, 0.717) is 36.0 Å². The molecule has 7 nitrogen and oxygen atoms in total. The fraction of sp³-hybridized carbons (Fsp3) is 0.444. The maximum atomic E-state index is 13.4. The van der Waals surface area contributed by atoms with Crippen molar-refractivity contribution >= 4 is 40.9 Å². The number of carbonyl (C=O) groups is 3. The Kier molecular flexibility index (Phi) is 8.88. The van der Waals surface area contributed by atoms with Gasteiger partial charge in [0, 0.05) is 38.2 Å². The molecule has 0 spiro atoms. The van der Waals surface area contributed by atoms with Gasteiger partial charge < -0.3 is 20.9 Å². The van der Waals surface area contributed by atoms with Crippen molar-refractivity contribution in [1.82, 2.24) is 15.1 Å². The van der Waals surface area contributed by atoms with Crippen LogP contribution in [-0.4, -0.2) is 46.8 Å². The third-order valence-electron chi connectivity index (χ3n) is 7.09. The summed E-state index contributed by atoms with van der Waals surface area (Å²) in [7, 11) is 0. The van der Waals surface area contributed by atoms with Crippen molar-refractivity contribution in [2.75, 3.05) is 13.1 Å². The van der Waals surface area contributed by atoms with Crippen LogP contribution in [-0.2, 0) is 22.7 Å². The first-order valence-corrected chi connectivity index (χ1v) is 13.2. The van der Waals surface area contributed by atoms with Crippen molar-refractivity contribution < 1.29 is 14.4 Å². The first kappa shape index (κ1) is 26.5. The normalized spacial score (nSPS) is 18.0. The largest absolute Gasteiger partial charge is 0.349 e. The Hall–Kier alpha value is -2.61. The van der Waals surface area contributed by atoms with Crippen molar-refractivity contribution in [2.24, 2.45) is 11.7 Å². The zero-order valence-corrected chi connectivity index (χ0v) is 21.7. The molecule has 192 valence electrons. The van der Waals surface area contributed by atoms with E-state index in [1.165, 1.54) is 28.7 Å². The highest BCUT2D eigenvalue weighted by molar-refractivity contribution is 6.42. The second kappa shape index (κ2) is 12.1. The molecule has 1 heterocycles. The van der Waals surface area contributed by atoms with Gasteiger partial charge in [0.15, 0.2) is 6.17 Å². The predicted octanol–water partition coefficient (Wildman–Crippen LogP) is 4.35. The first-order chi connectivity index (χ1) is 17.4. The van der Waals surface area contributed by atoms with Gasteiger partial charge in [-0.05, 0) is 41.7 Å². The number of amides is 3. The summed E-state index contributed by atoms with van der Waals surface area (Å²) < 4.78 is 0. The lowest BCUT2D eigenvalue weighted by molar-refractivity contribution is -0.141. The molecule has 2 aliphatic rings. The second-order valence-corrected chi connectivity index (χ2v) is 10.3. The predicted molar refractivity (Wildman–Crippen MR) is 140 cm³/mol. The van der Waals surface area contributed by atoms with E-state index in [4.69, 9.17) is 28.9 Å². The van der Waals surface area contributed by atoms with Crippen molar-refractivity contribution in [3.63, 3.8) is 0 Å². The van der Waals surface area contributed by atoms with Crippen LogP contribution in [0.2, 0.25) is 10.0 Å². The first-order valence-electron chi connectivity index (χ1n) is 12.5. The van der Waals surface area contributed by atoms with Gasteiger partial charge in [-0.1, -0.05) is 73.2 Å². The molecule has 3 amide bonds. The number of hydrogen-bond acceptors (Lipinski definition) is 4. The number of benzene rings is 2. The van der Waals surface area contributed by atoms with Gasteiger partial charge in [-0.2, -0.15) is 0 Å². The SMILES string of the molecule is NCc1cccc(CNC(=O)C2N(C(=O)CCC3CCCC3)CCN2C(=O)c2ccc(Cl)c(Cl)c2)c1. The van der Waals surface area contributed by atoms with E-state index in [2.05, 4.69) is 5.32 Å². The van der Waals surface area contributed by atoms with Gasteiger partial charge in [-0.3, -0.25) is 14.4 Å². The molecule has 1 unspecified atom stereocenters. The maximum absolute atomic E-state index is 13.4. The highest BCUT2D eigenvalue weighted by Gasteiger charge is 2.42. The maximum Gasteiger partial charge on any atom is 0.264 e. The van der Waals surface area contributed by atoms with Crippen molar-refractivity contribution in [1.29, 1.82) is 0 Å². The van der Waals surface area contributed by atoms with E-state index >= 15 is 0 Å². The molecule has 36 heavy (non-hydrogen) atoms. The standard InChI is InChI=1S/C27H32Cl2N4O3/c28-22-10-9-21(15-23(22)29)27(36)33-13-12-32(24(34)11-8-18-4-1-2-5-18)26(33)25(35)31-17-20-7-3-6-19(14-20)16-30/h3,6-7,9-10,14-15,18,26H,1-2,4-5,8,11-13,16-17,30H2,(H,31,35). The van der Waals surface area contributed by atoms with Crippen LogP contribution in [0.3, 0.4) is 0 Å². The average Bonchev–Trinajstić information content (AvgIpc) is 3.57. The van der Waals surface area contributed by atoms with Crippen LogP contribution in [0.15, 0.2) is 42.5 Å². The van der Waals surface area contributed by atoms with Crippen LogP contribution in [0, 0.1) is 5.92 Å². The average molecular weight is 531 g/mol. The van der Waals surface area contributed by atoms with E-state index in [9.17, 15) is 14.4 Å².